The lowest BCUT2D eigenvalue weighted by atomic mass is 9.90. The number of rotatable bonds is 4. The first-order chi connectivity index (χ1) is 7.83. The van der Waals surface area contributed by atoms with Crippen molar-refractivity contribution < 1.29 is 0 Å². The van der Waals surface area contributed by atoms with Crippen LogP contribution in [0.3, 0.4) is 0 Å². The Morgan fingerprint density at radius 1 is 0.722 bits per heavy atom. The van der Waals surface area contributed by atoms with Crippen LogP contribution in [0, 0.1) is 21.6 Å². The van der Waals surface area contributed by atoms with Gasteiger partial charge in [-0.3, -0.25) is 10.8 Å². The molecule has 4 heteroatoms. The van der Waals surface area contributed by atoms with E-state index in [4.69, 9.17) is 22.3 Å². The highest BCUT2D eigenvalue weighted by Crippen LogP contribution is 2.20. The molecule has 0 radical (unpaired) electrons. The molecular weight excluding hydrogens is 224 g/mol. The molecular formula is C14H32N4. The van der Waals surface area contributed by atoms with Crippen LogP contribution in [-0.4, -0.2) is 11.7 Å². The second-order valence-corrected chi connectivity index (χ2v) is 7.17. The zero-order chi connectivity index (χ0) is 15.0. The van der Waals surface area contributed by atoms with Gasteiger partial charge in [0.15, 0.2) is 0 Å². The Bertz CT molecular complexity index is 228. The van der Waals surface area contributed by atoms with Gasteiger partial charge in [-0.05, 0) is 23.7 Å². The van der Waals surface area contributed by atoms with Gasteiger partial charge in [0, 0.05) is 12.8 Å². The van der Waals surface area contributed by atoms with E-state index in [1.165, 1.54) is 0 Å². The van der Waals surface area contributed by atoms with E-state index in [0.29, 0.717) is 22.5 Å². The number of nitrogens with two attached hydrogens (primary N) is 2. The Morgan fingerprint density at radius 2 is 0.944 bits per heavy atom. The monoisotopic (exact) mass is 256 g/mol. The molecule has 108 valence electrons. The quantitative estimate of drug-likeness (QED) is 0.457. The molecule has 0 amide bonds. The van der Waals surface area contributed by atoms with Crippen LogP contribution in [0.5, 0.6) is 0 Å². The van der Waals surface area contributed by atoms with Crippen molar-refractivity contribution >= 4 is 11.7 Å². The van der Waals surface area contributed by atoms with Crippen molar-refractivity contribution in [3.05, 3.63) is 0 Å². The van der Waals surface area contributed by atoms with E-state index in [2.05, 4.69) is 41.5 Å². The molecule has 18 heavy (non-hydrogen) atoms. The first kappa shape index (κ1) is 19.3. The summed E-state index contributed by atoms with van der Waals surface area (Å²) in [6, 6.07) is 0. The van der Waals surface area contributed by atoms with Crippen LogP contribution >= 0.6 is 0 Å². The predicted molar refractivity (Wildman–Crippen MR) is 81.2 cm³/mol. The molecule has 0 unspecified atom stereocenters. The van der Waals surface area contributed by atoms with Crippen molar-refractivity contribution in [1.29, 1.82) is 10.8 Å². The third-order valence-electron chi connectivity index (χ3n) is 2.29. The Kier molecular flexibility index (Phi) is 8.69. The second kappa shape index (κ2) is 8.11. The van der Waals surface area contributed by atoms with Gasteiger partial charge in [-0.2, -0.15) is 0 Å². The van der Waals surface area contributed by atoms with Gasteiger partial charge < -0.3 is 11.5 Å². The average Bonchev–Trinajstić information content (AvgIpc) is 2.10. The number of hydrogen-bond acceptors (Lipinski definition) is 2. The number of hydrogen-bond donors (Lipinski definition) is 4. The molecule has 0 fully saturated rings. The maximum Gasteiger partial charge on any atom is 0.0905 e. The van der Waals surface area contributed by atoms with Crippen LogP contribution in [0.25, 0.3) is 0 Å². The molecule has 0 heterocycles. The second-order valence-electron chi connectivity index (χ2n) is 7.17. The van der Waals surface area contributed by atoms with Crippen LogP contribution in [0.4, 0.5) is 0 Å². The van der Waals surface area contributed by atoms with Crippen LogP contribution < -0.4 is 11.5 Å². The molecule has 4 nitrogen and oxygen atoms in total. The molecule has 0 saturated carbocycles. The highest BCUT2D eigenvalue weighted by atomic mass is 14.7. The zero-order valence-corrected chi connectivity index (χ0v) is 13.0. The zero-order valence-electron chi connectivity index (χ0n) is 13.0. The predicted octanol–water partition coefficient (Wildman–Crippen LogP) is 3.50. The summed E-state index contributed by atoms with van der Waals surface area (Å²) in [6.07, 6.45) is 3.46. The largest absolute Gasteiger partial charge is 0.388 e. The molecule has 6 N–H and O–H groups in total. The first-order valence-corrected chi connectivity index (χ1v) is 6.49. The van der Waals surface area contributed by atoms with Gasteiger partial charge in [-0.1, -0.05) is 41.5 Å². The fraction of sp³-hybridized carbons (Fsp3) is 0.857. The molecule has 0 spiro atoms. The summed E-state index contributed by atoms with van der Waals surface area (Å²) >= 11 is 0. The van der Waals surface area contributed by atoms with Crippen molar-refractivity contribution in [2.24, 2.45) is 22.3 Å². The van der Waals surface area contributed by atoms with Crippen molar-refractivity contribution in [2.45, 2.75) is 67.2 Å². The topological polar surface area (TPSA) is 99.7 Å². The van der Waals surface area contributed by atoms with E-state index in [0.717, 1.165) is 25.7 Å². The van der Waals surface area contributed by atoms with Crippen LogP contribution in [0.15, 0.2) is 0 Å². The highest BCUT2D eigenvalue weighted by Gasteiger charge is 2.09. The van der Waals surface area contributed by atoms with E-state index in [1.54, 1.807) is 0 Å². The lowest BCUT2D eigenvalue weighted by Gasteiger charge is -2.16. The molecule has 0 aromatic rings. The number of amidine groups is 2. The molecule has 0 saturated heterocycles. The number of nitrogens with one attached hydrogen (secondary N) is 2. The molecule has 0 atom stereocenters. The SMILES string of the molecule is CC(C)(C)CCC(=N)N.CC(C)(C)CCC(=N)N. The molecule has 0 aliphatic heterocycles. The van der Waals surface area contributed by atoms with Gasteiger partial charge in [-0.15, -0.1) is 0 Å². The van der Waals surface area contributed by atoms with E-state index in [1.807, 2.05) is 0 Å². The van der Waals surface area contributed by atoms with E-state index < -0.39 is 0 Å². The Labute approximate surface area is 113 Å². The maximum atomic E-state index is 6.95. The van der Waals surface area contributed by atoms with Crippen molar-refractivity contribution in [1.82, 2.24) is 0 Å². The van der Waals surface area contributed by atoms with Crippen LogP contribution in [0.2, 0.25) is 0 Å². The fourth-order valence-corrected chi connectivity index (χ4v) is 1.02. The van der Waals surface area contributed by atoms with Gasteiger partial charge in [0.25, 0.3) is 0 Å². The van der Waals surface area contributed by atoms with Gasteiger partial charge in [0.2, 0.25) is 0 Å². The summed E-state index contributed by atoms with van der Waals surface area (Å²) in [5, 5.41) is 13.9. The van der Waals surface area contributed by atoms with E-state index in [-0.39, 0.29) is 0 Å². The minimum atomic E-state index is 0.296. The Balaban J connectivity index is 0. The third-order valence-corrected chi connectivity index (χ3v) is 2.29. The molecule has 0 aromatic heterocycles. The highest BCUT2D eigenvalue weighted by molar-refractivity contribution is 5.77. The van der Waals surface area contributed by atoms with Gasteiger partial charge in [-0.25, -0.2) is 0 Å². The van der Waals surface area contributed by atoms with Gasteiger partial charge >= 0.3 is 0 Å². The van der Waals surface area contributed by atoms with Crippen molar-refractivity contribution in [3.8, 4) is 0 Å². The lowest BCUT2D eigenvalue weighted by molar-refractivity contribution is 0.385. The maximum absolute atomic E-state index is 6.95. The first-order valence-electron chi connectivity index (χ1n) is 6.49. The molecule has 0 rings (SSSR count). The lowest BCUT2D eigenvalue weighted by Crippen LogP contribution is -2.14. The Hall–Kier alpha value is -1.06. The summed E-state index contributed by atoms with van der Waals surface area (Å²) in [6.45, 7) is 12.9. The molecule has 0 aliphatic carbocycles. The van der Waals surface area contributed by atoms with Crippen molar-refractivity contribution in [2.75, 3.05) is 0 Å². The third kappa shape index (κ3) is 24.3. The summed E-state index contributed by atoms with van der Waals surface area (Å²) in [4.78, 5) is 0. The van der Waals surface area contributed by atoms with Crippen molar-refractivity contribution in [3.63, 3.8) is 0 Å². The summed E-state index contributed by atoms with van der Waals surface area (Å²) < 4.78 is 0. The summed E-state index contributed by atoms with van der Waals surface area (Å²) in [7, 11) is 0. The molecule has 0 aromatic carbocycles. The minimum Gasteiger partial charge on any atom is -0.388 e. The standard InChI is InChI=1S/2C7H16N2/c2*1-7(2,3)5-4-6(8)9/h2*4-5H2,1-3H3,(H3,8,9). The fourth-order valence-electron chi connectivity index (χ4n) is 1.02. The van der Waals surface area contributed by atoms with E-state index in [9.17, 15) is 0 Å². The van der Waals surface area contributed by atoms with Crippen LogP contribution in [-0.2, 0) is 0 Å². The normalized spacial score (nSPS) is 11.4. The van der Waals surface area contributed by atoms with Gasteiger partial charge in [0.1, 0.15) is 0 Å². The Morgan fingerprint density at radius 3 is 1.00 bits per heavy atom. The molecule has 0 aliphatic rings. The van der Waals surface area contributed by atoms with Gasteiger partial charge in [0.05, 0.1) is 11.7 Å². The smallest absolute Gasteiger partial charge is 0.0905 e. The minimum absolute atomic E-state index is 0.296. The van der Waals surface area contributed by atoms with Crippen LogP contribution in [0.1, 0.15) is 67.2 Å². The average molecular weight is 256 g/mol. The summed E-state index contributed by atoms with van der Waals surface area (Å²) in [5.74, 6) is 0.592. The molecule has 0 bridgehead atoms. The van der Waals surface area contributed by atoms with E-state index >= 15 is 0 Å². The summed E-state index contributed by atoms with van der Waals surface area (Å²) in [5.41, 5.74) is 11.0.